The predicted molar refractivity (Wildman–Crippen MR) is 114 cm³/mol. The average Bonchev–Trinajstić information content (AvgIpc) is 3.19. The molecule has 1 fully saturated rings. The van der Waals surface area contributed by atoms with E-state index < -0.39 is 0 Å². The quantitative estimate of drug-likeness (QED) is 0.566. The third-order valence-electron chi connectivity index (χ3n) is 5.35. The molecular weight excluding hydrogens is 416 g/mol. The van der Waals surface area contributed by atoms with Crippen molar-refractivity contribution in [2.24, 2.45) is 0 Å². The van der Waals surface area contributed by atoms with Crippen LogP contribution in [0.25, 0.3) is 0 Å². The maximum atomic E-state index is 5.22. The maximum Gasteiger partial charge on any atom is 0.118 e. The van der Waals surface area contributed by atoms with Crippen molar-refractivity contribution >= 4 is 15.9 Å². The van der Waals surface area contributed by atoms with Crippen LogP contribution in [0.1, 0.15) is 35.7 Å². The lowest BCUT2D eigenvalue weighted by atomic mass is 10.0. The third kappa shape index (κ3) is 4.80. The number of nitrogens with zero attached hydrogens (tertiary/aromatic N) is 4. The molecule has 0 amide bonds. The van der Waals surface area contributed by atoms with Crippen LogP contribution in [-0.2, 0) is 13.0 Å². The van der Waals surface area contributed by atoms with Crippen molar-refractivity contribution < 1.29 is 4.74 Å². The second-order valence-corrected chi connectivity index (χ2v) is 8.26. The lowest BCUT2D eigenvalue weighted by Gasteiger charge is -2.31. The van der Waals surface area contributed by atoms with Gasteiger partial charge < -0.3 is 4.74 Å². The molecule has 146 valence electrons. The first-order valence-electron chi connectivity index (χ1n) is 9.70. The van der Waals surface area contributed by atoms with Gasteiger partial charge in [0.2, 0.25) is 0 Å². The molecule has 2 aromatic carbocycles. The molecule has 0 saturated carbocycles. The van der Waals surface area contributed by atoms with Crippen LogP contribution in [-0.4, -0.2) is 40.1 Å². The monoisotopic (exact) mass is 440 g/mol. The second-order valence-electron chi connectivity index (χ2n) is 7.35. The molecule has 1 aromatic heterocycles. The zero-order valence-corrected chi connectivity index (χ0v) is 17.7. The topological polar surface area (TPSA) is 43.2 Å². The van der Waals surface area contributed by atoms with E-state index in [1.54, 1.807) is 7.11 Å². The van der Waals surface area contributed by atoms with Gasteiger partial charge in [0, 0.05) is 36.7 Å². The van der Waals surface area contributed by atoms with Gasteiger partial charge in [0.1, 0.15) is 5.75 Å². The van der Waals surface area contributed by atoms with Crippen molar-refractivity contribution in [2.75, 3.05) is 20.2 Å². The van der Waals surface area contributed by atoms with E-state index >= 15 is 0 Å². The zero-order valence-electron chi connectivity index (χ0n) is 16.1. The Kier molecular flexibility index (Phi) is 6.07. The molecule has 0 radical (unpaired) electrons. The molecule has 5 nitrogen and oxygen atoms in total. The fourth-order valence-electron chi connectivity index (χ4n) is 3.72. The number of methoxy groups -OCH3 is 1. The van der Waals surface area contributed by atoms with Crippen molar-refractivity contribution in [1.29, 1.82) is 0 Å². The number of halogens is 1. The van der Waals surface area contributed by atoms with Gasteiger partial charge in [0.15, 0.2) is 0 Å². The van der Waals surface area contributed by atoms with E-state index in [2.05, 4.69) is 78.4 Å². The van der Waals surface area contributed by atoms with Crippen molar-refractivity contribution in [3.8, 4) is 5.75 Å². The Morgan fingerprint density at radius 3 is 2.36 bits per heavy atom. The summed E-state index contributed by atoms with van der Waals surface area (Å²) in [6, 6.07) is 17.2. The number of aromatic nitrogens is 3. The van der Waals surface area contributed by atoms with Crippen LogP contribution in [0.15, 0.2) is 59.2 Å². The zero-order chi connectivity index (χ0) is 19.3. The first kappa shape index (κ1) is 19.2. The Bertz CT molecular complexity index is 884. The number of benzene rings is 2. The van der Waals surface area contributed by atoms with Gasteiger partial charge in [-0.15, -0.1) is 5.10 Å². The van der Waals surface area contributed by atoms with Crippen molar-refractivity contribution in [3.05, 3.63) is 76.0 Å². The minimum atomic E-state index is 0.443. The van der Waals surface area contributed by atoms with Crippen LogP contribution in [0.4, 0.5) is 0 Å². The molecule has 6 heteroatoms. The maximum absolute atomic E-state index is 5.22. The van der Waals surface area contributed by atoms with Gasteiger partial charge in [-0.2, -0.15) is 0 Å². The smallest absolute Gasteiger partial charge is 0.118 e. The summed E-state index contributed by atoms with van der Waals surface area (Å²) in [4.78, 5) is 2.52. The van der Waals surface area contributed by atoms with E-state index in [9.17, 15) is 0 Å². The standard InChI is InChI=1S/C22H25BrN4O/c1-28-22-8-4-17(5-9-22)14-20-16-27(25-24-20)21-10-12-26(13-11-21)15-18-2-6-19(23)7-3-18/h2-9,16,21H,10-15H2,1H3. The summed E-state index contributed by atoms with van der Waals surface area (Å²) >= 11 is 3.50. The Labute approximate surface area is 174 Å². The number of ether oxygens (including phenoxy) is 1. The number of rotatable bonds is 6. The fourth-order valence-corrected chi connectivity index (χ4v) is 3.98. The average molecular weight is 441 g/mol. The second kappa shape index (κ2) is 8.88. The number of hydrogen-bond acceptors (Lipinski definition) is 4. The molecule has 0 unspecified atom stereocenters. The van der Waals surface area contributed by atoms with E-state index in [4.69, 9.17) is 4.74 Å². The van der Waals surface area contributed by atoms with Gasteiger partial charge in [-0.1, -0.05) is 45.4 Å². The molecule has 0 aliphatic carbocycles. The molecule has 4 rings (SSSR count). The highest BCUT2D eigenvalue weighted by Gasteiger charge is 2.21. The molecule has 1 aliphatic rings. The summed E-state index contributed by atoms with van der Waals surface area (Å²) in [5.41, 5.74) is 3.60. The van der Waals surface area contributed by atoms with Crippen LogP contribution in [0, 0.1) is 0 Å². The lowest BCUT2D eigenvalue weighted by Crippen LogP contribution is -2.34. The summed E-state index contributed by atoms with van der Waals surface area (Å²) in [5, 5.41) is 8.79. The van der Waals surface area contributed by atoms with Crippen LogP contribution >= 0.6 is 15.9 Å². The third-order valence-corrected chi connectivity index (χ3v) is 5.88. The minimum absolute atomic E-state index is 0.443. The first-order chi connectivity index (χ1) is 13.7. The van der Waals surface area contributed by atoms with Gasteiger partial charge >= 0.3 is 0 Å². The summed E-state index contributed by atoms with van der Waals surface area (Å²) < 4.78 is 8.41. The van der Waals surface area contributed by atoms with Gasteiger partial charge in [-0.3, -0.25) is 4.90 Å². The molecule has 0 bridgehead atoms. The Hall–Kier alpha value is -2.18. The summed E-state index contributed by atoms with van der Waals surface area (Å²) in [6.45, 7) is 3.20. The first-order valence-corrected chi connectivity index (χ1v) is 10.5. The Morgan fingerprint density at radius 1 is 1.00 bits per heavy atom. The molecule has 0 spiro atoms. The lowest BCUT2D eigenvalue weighted by molar-refractivity contribution is 0.172. The Morgan fingerprint density at radius 2 is 1.68 bits per heavy atom. The molecule has 2 heterocycles. The number of piperidine rings is 1. The summed E-state index contributed by atoms with van der Waals surface area (Å²) in [7, 11) is 1.69. The van der Waals surface area contributed by atoms with Gasteiger partial charge in [0.25, 0.3) is 0 Å². The molecule has 3 aromatic rings. The molecule has 1 saturated heterocycles. The van der Waals surface area contributed by atoms with Crippen molar-refractivity contribution in [1.82, 2.24) is 19.9 Å². The Balaban J connectivity index is 1.30. The van der Waals surface area contributed by atoms with Crippen LogP contribution < -0.4 is 4.74 Å². The SMILES string of the molecule is COc1ccc(Cc2cn(C3CCN(Cc4ccc(Br)cc4)CC3)nn2)cc1. The fraction of sp³-hybridized carbons (Fsp3) is 0.364. The number of likely N-dealkylation sites (tertiary alicyclic amines) is 1. The highest BCUT2D eigenvalue weighted by atomic mass is 79.9. The molecule has 28 heavy (non-hydrogen) atoms. The van der Waals surface area contributed by atoms with E-state index in [0.29, 0.717) is 6.04 Å². The van der Waals surface area contributed by atoms with Crippen molar-refractivity contribution in [3.63, 3.8) is 0 Å². The normalized spacial score (nSPS) is 15.6. The van der Waals surface area contributed by atoms with E-state index in [1.165, 1.54) is 11.1 Å². The van der Waals surface area contributed by atoms with Crippen LogP contribution in [0.2, 0.25) is 0 Å². The summed E-state index contributed by atoms with van der Waals surface area (Å²) in [5.74, 6) is 0.877. The van der Waals surface area contributed by atoms with E-state index in [0.717, 1.165) is 54.8 Å². The van der Waals surface area contributed by atoms with Gasteiger partial charge in [-0.25, -0.2) is 4.68 Å². The molecule has 0 N–H and O–H groups in total. The molecule has 0 atom stereocenters. The minimum Gasteiger partial charge on any atom is -0.497 e. The molecule has 1 aliphatic heterocycles. The highest BCUT2D eigenvalue weighted by molar-refractivity contribution is 9.10. The van der Waals surface area contributed by atoms with E-state index in [-0.39, 0.29) is 0 Å². The van der Waals surface area contributed by atoms with Crippen LogP contribution in [0.3, 0.4) is 0 Å². The summed E-state index contributed by atoms with van der Waals surface area (Å²) in [6.07, 6.45) is 5.13. The van der Waals surface area contributed by atoms with Gasteiger partial charge in [-0.05, 0) is 48.2 Å². The van der Waals surface area contributed by atoms with Crippen LogP contribution in [0.5, 0.6) is 5.75 Å². The largest absolute Gasteiger partial charge is 0.497 e. The number of hydrogen-bond donors (Lipinski definition) is 0. The molecular formula is C22H25BrN4O. The van der Waals surface area contributed by atoms with E-state index in [1.807, 2.05) is 12.1 Å². The predicted octanol–water partition coefficient (Wildman–Crippen LogP) is 4.48. The van der Waals surface area contributed by atoms with Crippen molar-refractivity contribution in [2.45, 2.75) is 31.8 Å². The van der Waals surface area contributed by atoms with Gasteiger partial charge in [0.05, 0.1) is 18.8 Å². The highest BCUT2D eigenvalue weighted by Crippen LogP contribution is 2.24.